The largest absolute Gasteiger partial charge is 0.355 e. The lowest BCUT2D eigenvalue weighted by Crippen LogP contribution is -2.25. The van der Waals surface area contributed by atoms with Gasteiger partial charge in [0.2, 0.25) is 11.8 Å². The summed E-state index contributed by atoms with van der Waals surface area (Å²) in [5.74, 6) is -0.429. The minimum atomic E-state index is -0.263. The summed E-state index contributed by atoms with van der Waals surface area (Å²) in [6.45, 7) is 2.36. The monoisotopic (exact) mass is 296 g/mol. The zero-order valence-electron chi connectivity index (χ0n) is 9.42. The Bertz CT molecular complexity index is 474. The Kier molecular flexibility index (Phi) is 3.47. The molecule has 90 valence electrons. The van der Waals surface area contributed by atoms with Crippen molar-refractivity contribution in [3.05, 3.63) is 28.2 Å². The van der Waals surface area contributed by atoms with Gasteiger partial charge in [-0.25, -0.2) is 0 Å². The van der Waals surface area contributed by atoms with Crippen molar-refractivity contribution in [1.29, 1.82) is 0 Å². The van der Waals surface area contributed by atoms with Crippen LogP contribution in [0.5, 0.6) is 0 Å². The topological polar surface area (TPSA) is 58.2 Å². The van der Waals surface area contributed by atoms with E-state index in [1.807, 2.05) is 25.1 Å². The van der Waals surface area contributed by atoms with E-state index in [-0.39, 0.29) is 24.2 Å². The molecule has 2 amide bonds. The van der Waals surface area contributed by atoms with Gasteiger partial charge in [-0.2, -0.15) is 0 Å². The highest BCUT2D eigenvalue weighted by atomic mass is 79.9. The summed E-state index contributed by atoms with van der Waals surface area (Å²) in [6, 6.07) is 5.64. The highest BCUT2D eigenvalue weighted by molar-refractivity contribution is 9.10. The van der Waals surface area contributed by atoms with Crippen molar-refractivity contribution < 1.29 is 9.59 Å². The van der Waals surface area contributed by atoms with Gasteiger partial charge in [0.05, 0.1) is 5.92 Å². The number of amides is 2. The maximum absolute atomic E-state index is 11.9. The van der Waals surface area contributed by atoms with Crippen LogP contribution in [-0.4, -0.2) is 18.4 Å². The molecule has 1 heterocycles. The third kappa shape index (κ3) is 2.66. The van der Waals surface area contributed by atoms with Crippen LogP contribution in [0.4, 0.5) is 5.69 Å². The van der Waals surface area contributed by atoms with Crippen LogP contribution >= 0.6 is 15.9 Å². The second-order valence-corrected chi connectivity index (χ2v) is 4.96. The lowest BCUT2D eigenvalue weighted by molar-refractivity contribution is -0.123. The molecular weight excluding hydrogens is 284 g/mol. The van der Waals surface area contributed by atoms with Crippen molar-refractivity contribution >= 4 is 33.4 Å². The molecule has 1 fully saturated rings. The molecule has 1 saturated heterocycles. The van der Waals surface area contributed by atoms with Crippen molar-refractivity contribution in [3.8, 4) is 0 Å². The molecule has 5 heteroatoms. The first-order chi connectivity index (χ1) is 8.08. The van der Waals surface area contributed by atoms with Crippen LogP contribution in [0.25, 0.3) is 0 Å². The molecule has 1 unspecified atom stereocenters. The van der Waals surface area contributed by atoms with Gasteiger partial charge >= 0.3 is 0 Å². The van der Waals surface area contributed by atoms with Crippen LogP contribution in [0.3, 0.4) is 0 Å². The Morgan fingerprint density at radius 3 is 2.94 bits per heavy atom. The molecule has 0 saturated carbocycles. The maximum Gasteiger partial charge on any atom is 0.229 e. The molecule has 0 aromatic heterocycles. The quantitative estimate of drug-likeness (QED) is 0.875. The lowest BCUT2D eigenvalue weighted by Gasteiger charge is -2.12. The Morgan fingerprint density at radius 1 is 1.53 bits per heavy atom. The fourth-order valence-corrected chi connectivity index (χ4v) is 2.13. The average molecular weight is 297 g/mol. The smallest absolute Gasteiger partial charge is 0.229 e. The second kappa shape index (κ2) is 4.87. The van der Waals surface area contributed by atoms with E-state index in [2.05, 4.69) is 26.6 Å². The van der Waals surface area contributed by atoms with E-state index in [0.29, 0.717) is 6.54 Å². The predicted octanol–water partition coefficient (Wildman–Crippen LogP) is 1.83. The van der Waals surface area contributed by atoms with Gasteiger partial charge in [-0.3, -0.25) is 9.59 Å². The third-order valence-electron chi connectivity index (χ3n) is 2.87. The molecule has 17 heavy (non-hydrogen) atoms. The van der Waals surface area contributed by atoms with Gasteiger partial charge in [-0.1, -0.05) is 22.0 Å². The summed E-state index contributed by atoms with van der Waals surface area (Å²) in [5, 5.41) is 5.51. The molecule has 1 aromatic carbocycles. The molecule has 0 spiro atoms. The first kappa shape index (κ1) is 12.1. The van der Waals surface area contributed by atoms with Gasteiger partial charge in [0.15, 0.2) is 0 Å². The number of carbonyl (C=O) groups is 2. The molecule has 2 rings (SSSR count). The second-order valence-electron chi connectivity index (χ2n) is 4.11. The van der Waals surface area contributed by atoms with E-state index in [1.165, 1.54) is 0 Å². The Hall–Kier alpha value is -1.36. The van der Waals surface area contributed by atoms with Gasteiger partial charge in [0.1, 0.15) is 0 Å². The molecule has 2 N–H and O–H groups in total. The SMILES string of the molecule is Cc1c(Br)cccc1NC(=O)C1CNC(=O)C1. The molecule has 0 aliphatic carbocycles. The van der Waals surface area contributed by atoms with E-state index >= 15 is 0 Å². The van der Waals surface area contributed by atoms with E-state index < -0.39 is 0 Å². The number of hydrogen-bond acceptors (Lipinski definition) is 2. The summed E-state index contributed by atoms with van der Waals surface area (Å²) in [5.41, 5.74) is 1.77. The van der Waals surface area contributed by atoms with Crippen LogP contribution in [0, 0.1) is 12.8 Å². The first-order valence-corrected chi connectivity index (χ1v) is 6.20. The van der Waals surface area contributed by atoms with Gasteiger partial charge in [-0.05, 0) is 24.6 Å². The molecule has 1 aromatic rings. The molecule has 1 aliphatic heterocycles. The molecule has 1 atom stereocenters. The van der Waals surface area contributed by atoms with E-state index in [9.17, 15) is 9.59 Å². The van der Waals surface area contributed by atoms with Crippen molar-refractivity contribution in [2.24, 2.45) is 5.92 Å². The number of halogens is 1. The van der Waals surface area contributed by atoms with Crippen LogP contribution in [0.1, 0.15) is 12.0 Å². The number of rotatable bonds is 2. The van der Waals surface area contributed by atoms with Gasteiger partial charge < -0.3 is 10.6 Å². The minimum Gasteiger partial charge on any atom is -0.355 e. The van der Waals surface area contributed by atoms with Crippen LogP contribution in [-0.2, 0) is 9.59 Å². The van der Waals surface area contributed by atoms with Crippen LogP contribution in [0.15, 0.2) is 22.7 Å². The van der Waals surface area contributed by atoms with Crippen LogP contribution in [0.2, 0.25) is 0 Å². The molecule has 4 nitrogen and oxygen atoms in total. The number of carbonyl (C=O) groups excluding carboxylic acids is 2. The number of anilines is 1. The van der Waals surface area contributed by atoms with Crippen LogP contribution < -0.4 is 10.6 Å². The van der Waals surface area contributed by atoms with Gasteiger partial charge in [0, 0.05) is 23.1 Å². The van der Waals surface area contributed by atoms with E-state index in [1.54, 1.807) is 0 Å². The van der Waals surface area contributed by atoms with Crippen molar-refractivity contribution in [2.45, 2.75) is 13.3 Å². The summed E-state index contributed by atoms with van der Waals surface area (Å²) < 4.78 is 0.955. The minimum absolute atomic E-state index is 0.0592. The summed E-state index contributed by atoms with van der Waals surface area (Å²) in [6.07, 6.45) is 0.277. The molecule has 0 radical (unpaired) electrons. The van der Waals surface area contributed by atoms with Gasteiger partial charge in [-0.15, -0.1) is 0 Å². The number of benzene rings is 1. The summed E-state index contributed by atoms with van der Waals surface area (Å²) in [4.78, 5) is 22.9. The maximum atomic E-state index is 11.9. The Morgan fingerprint density at radius 2 is 2.29 bits per heavy atom. The predicted molar refractivity (Wildman–Crippen MR) is 68.6 cm³/mol. The summed E-state index contributed by atoms with van der Waals surface area (Å²) in [7, 11) is 0. The van der Waals surface area contributed by atoms with Crippen molar-refractivity contribution in [1.82, 2.24) is 5.32 Å². The van der Waals surface area contributed by atoms with Crippen molar-refractivity contribution in [2.75, 3.05) is 11.9 Å². The number of hydrogen-bond donors (Lipinski definition) is 2. The third-order valence-corrected chi connectivity index (χ3v) is 3.73. The Labute approximate surface area is 108 Å². The fraction of sp³-hybridized carbons (Fsp3) is 0.333. The first-order valence-electron chi connectivity index (χ1n) is 5.40. The highest BCUT2D eigenvalue weighted by Gasteiger charge is 2.28. The Balaban J connectivity index is 2.08. The highest BCUT2D eigenvalue weighted by Crippen LogP contribution is 2.24. The van der Waals surface area contributed by atoms with Crippen molar-refractivity contribution in [3.63, 3.8) is 0 Å². The zero-order chi connectivity index (χ0) is 12.4. The average Bonchev–Trinajstić information content (AvgIpc) is 2.72. The fourth-order valence-electron chi connectivity index (χ4n) is 1.77. The van der Waals surface area contributed by atoms with E-state index in [4.69, 9.17) is 0 Å². The summed E-state index contributed by atoms with van der Waals surface area (Å²) >= 11 is 3.41. The normalized spacial score (nSPS) is 18.9. The standard InChI is InChI=1S/C12H13BrN2O2/c1-7-9(13)3-2-4-10(7)15-12(17)8-5-11(16)14-6-8/h2-4,8H,5-6H2,1H3,(H,14,16)(H,15,17). The lowest BCUT2D eigenvalue weighted by atomic mass is 10.1. The van der Waals surface area contributed by atoms with E-state index in [0.717, 1.165) is 15.7 Å². The molecular formula is C12H13BrN2O2. The zero-order valence-corrected chi connectivity index (χ0v) is 11.0. The molecule has 0 bridgehead atoms. The number of nitrogens with one attached hydrogen (secondary N) is 2. The molecule has 1 aliphatic rings. The van der Waals surface area contributed by atoms with Gasteiger partial charge in [0.25, 0.3) is 0 Å².